The predicted molar refractivity (Wildman–Crippen MR) is 124 cm³/mol. The standard InChI is InChI=1S/C24H15NO4S2/c1-3-4-5-6-9-18-17-10-7-8-11-19(17)29-20(18)13-12-16(2)14-21-23(28)25(15-22(26)27)24(30)31-21/h1,7-8,10-14,18H,15H2,2H3,(H,26,27). The molecule has 2 heterocycles. The number of ether oxygens (including phenoxy) is 1. The van der Waals surface area contributed by atoms with Crippen molar-refractivity contribution in [3.63, 3.8) is 0 Å². The van der Waals surface area contributed by atoms with Crippen molar-refractivity contribution in [1.29, 1.82) is 0 Å². The van der Waals surface area contributed by atoms with E-state index in [1.54, 1.807) is 18.2 Å². The number of para-hydroxylation sites is 1. The van der Waals surface area contributed by atoms with Crippen molar-refractivity contribution in [3.05, 3.63) is 64.3 Å². The van der Waals surface area contributed by atoms with Crippen molar-refractivity contribution in [2.75, 3.05) is 6.54 Å². The maximum atomic E-state index is 12.4. The second-order valence-corrected chi connectivity index (χ2v) is 8.05. The van der Waals surface area contributed by atoms with E-state index in [4.69, 9.17) is 28.5 Å². The molecule has 1 fully saturated rings. The summed E-state index contributed by atoms with van der Waals surface area (Å²) in [5, 5.41) is 8.93. The zero-order valence-corrected chi connectivity index (χ0v) is 18.0. The van der Waals surface area contributed by atoms with E-state index >= 15 is 0 Å². The quantitative estimate of drug-likeness (QED) is 0.435. The van der Waals surface area contributed by atoms with Gasteiger partial charge in [0.05, 0.1) is 4.91 Å². The summed E-state index contributed by atoms with van der Waals surface area (Å²) >= 11 is 6.18. The molecule has 31 heavy (non-hydrogen) atoms. The maximum absolute atomic E-state index is 12.4. The molecule has 0 radical (unpaired) electrons. The molecular weight excluding hydrogens is 430 g/mol. The second-order valence-electron chi connectivity index (χ2n) is 6.38. The highest BCUT2D eigenvalue weighted by atomic mass is 32.2. The molecular formula is C24H15NO4S2. The lowest BCUT2D eigenvalue weighted by Crippen LogP contribution is -2.33. The van der Waals surface area contributed by atoms with Gasteiger partial charge in [-0.2, -0.15) is 0 Å². The van der Waals surface area contributed by atoms with E-state index in [1.807, 2.05) is 31.2 Å². The third kappa shape index (κ3) is 5.27. The molecule has 152 valence electrons. The van der Waals surface area contributed by atoms with E-state index in [9.17, 15) is 9.59 Å². The Kier molecular flexibility index (Phi) is 7.00. The van der Waals surface area contributed by atoms with Crippen LogP contribution in [0.5, 0.6) is 5.75 Å². The molecule has 1 atom stereocenters. The molecule has 0 aromatic heterocycles. The van der Waals surface area contributed by atoms with Gasteiger partial charge in [0.25, 0.3) is 5.91 Å². The summed E-state index contributed by atoms with van der Waals surface area (Å²) in [6.07, 6.45) is 10.4. The van der Waals surface area contributed by atoms with Gasteiger partial charge in [0.1, 0.15) is 28.3 Å². The molecule has 1 aromatic carbocycles. The number of rotatable bonds is 4. The van der Waals surface area contributed by atoms with E-state index in [0.29, 0.717) is 10.7 Å². The van der Waals surface area contributed by atoms with Crippen LogP contribution < -0.4 is 4.74 Å². The largest absolute Gasteiger partial charge is 0.480 e. The first kappa shape index (κ1) is 22.0. The molecule has 1 saturated heterocycles. The molecule has 7 heteroatoms. The summed E-state index contributed by atoms with van der Waals surface area (Å²) < 4.78 is 6.16. The first-order valence-corrected chi connectivity index (χ1v) is 10.2. The third-order valence-corrected chi connectivity index (χ3v) is 5.57. The summed E-state index contributed by atoms with van der Waals surface area (Å²) in [4.78, 5) is 24.7. The number of hydrogen-bond donors (Lipinski definition) is 1. The Morgan fingerprint density at radius 3 is 2.87 bits per heavy atom. The fraction of sp³-hybridized carbons (Fsp3) is 0.125. The third-order valence-electron chi connectivity index (χ3n) is 4.19. The van der Waals surface area contributed by atoms with Crippen molar-refractivity contribution in [1.82, 2.24) is 4.90 Å². The lowest BCUT2D eigenvalue weighted by molar-refractivity contribution is -0.140. The number of carboxylic acids is 1. The molecule has 5 nitrogen and oxygen atoms in total. The molecule has 0 spiro atoms. The lowest BCUT2D eigenvalue weighted by Gasteiger charge is -2.10. The smallest absolute Gasteiger partial charge is 0.323 e. The average Bonchev–Trinajstić information content (AvgIpc) is 3.21. The van der Waals surface area contributed by atoms with Crippen LogP contribution in [0.2, 0.25) is 0 Å². The Hall–Kier alpha value is -3.70. The molecule has 0 bridgehead atoms. The summed E-state index contributed by atoms with van der Waals surface area (Å²) in [5.74, 6) is 12.6. The number of thioether (sulfide) groups is 1. The summed E-state index contributed by atoms with van der Waals surface area (Å²) in [6.45, 7) is 1.37. The van der Waals surface area contributed by atoms with Crippen LogP contribution in [-0.4, -0.2) is 32.7 Å². The molecule has 2 aliphatic heterocycles. The first-order valence-electron chi connectivity index (χ1n) is 8.99. The fourth-order valence-electron chi connectivity index (χ4n) is 2.85. The van der Waals surface area contributed by atoms with Gasteiger partial charge in [-0.1, -0.05) is 54.2 Å². The van der Waals surface area contributed by atoms with Gasteiger partial charge in [0, 0.05) is 5.56 Å². The van der Waals surface area contributed by atoms with Crippen molar-refractivity contribution in [2.45, 2.75) is 12.8 Å². The van der Waals surface area contributed by atoms with E-state index in [1.165, 1.54) is 0 Å². The minimum Gasteiger partial charge on any atom is -0.480 e. The van der Waals surface area contributed by atoms with Gasteiger partial charge in [0.2, 0.25) is 0 Å². The number of aliphatic carboxylic acids is 1. The summed E-state index contributed by atoms with van der Waals surface area (Å²) in [7, 11) is 0. The molecule has 3 rings (SSSR count). The van der Waals surface area contributed by atoms with Crippen LogP contribution in [0.3, 0.4) is 0 Å². The SMILES string of the molecule is C#CC#CC#CC1C(=CC=C(C)C=C2SC(=S)N(CC(=O)O)C2=O)Oc2ccccc21. The van der Waals surface area contributed by atoms with Gasteiger partial charge in [-0.25, -0.2) is 0 Å². The van der Waals surface area contributed by atoms with Crippen LogP contribution in [0.4, 0.5) is 0 Å². The monoisotopic (exact) mass is 445 g/mol. The second kappa shape index (κ2) is 9.87. The van der Waals surface area contributed by atoms with Crippen molar-refractivity contribution in [3.8, 4) is 41.8 Å². The number of carbonyl (C=O) groups excluding carboxylic acids is 1. The molecule has 1 unspecified atom stereocenters. The van der Waals surface area contributed by atoms with Crippen molar-refractivity contribution in [2.24, 2.45) is 0 Å². The Balaban J connectivity index is 1.85. The number of allylic oxidation sites excluding steroid dienone is 5. The summed E-state index contributed by atoms with van der Waals surface area (Å²) in [5.41, 5.74) is 1.70. The van der Waals surface area contributed by atoms with Gasteiger partial charge in [-0.15, -0.1) is 6.42 Å². The Morgan fingerprint density at radius 1 is 1.35 bits per heavy atom. The highest BCUT2D eigenvalue weighted by Gasteiger charge is 2.33. The van der Waals surface area contributed by atoms with Gasteiger partial charge in [-0.05, 0) is 54.4 Å². The van der Waals surface area contributed by atoms with Crippen LogP contribution in [0, 0.1) is 36.0 Å². The Labute approximate surface area is 189 Å². The molecule has 2 aliphatic rings. The Morgan fingerprint density at radius 2 is 2.13 bits per heavy atom. The number of terminal acetylenes is 1. The normalized spacial score (nSPS) is 19.8. The number of amides is 1. The van der Waals surface area contributed by atoms with Gasteiger partial charge in [-0.3, -0.25) is 14.5 Å². The molecule has 0 saturated carbocycles. The van der Waals surface area contributed by atoms with Crippen LogP contribution in [-0.2, 0) is 9.59 Å². The number of carbonyl (C=O) groups is 2. The first-order chi connectivity index (χ1) is 14.9. The van der Waals surface area contributed by atoms with Crippen molar-refractivity contribution < 1.29 is 19.4 Å². The number of carboxylic acid groups (broad SMARTS) is 1. The predicted octanol–water partition coefficient (Wildman–Crippen LogP) is 3.46. The van der Waals surface area contributed by atoms with E-state index in [2.05, 4.69) is 29.6 Å². The number of thiocarbonyl (C=S) groups is 1. The van der Waals surface area contributed by atoms with Gasteiger partial charge >= 0.3 is 5.97 Å². The van der Waals surface area contributed by atoms with Crippen LogP contribution in [0.15, 0.2) is 58.7 Å². The van der Waals surface area contributed by atoms with Crippen LogP contribution >= 0.6 is 24.0 Å². The lowest BCUT2D eigenvalue weighted by atomic mass is 9.99. The number of hydrogen-bond acceptors (Lipinski definition) is 5. The molecule has 1 amide bonds. The van der Waals surface area contributed by atoms with E-state index in [-0.39, 0.29) is 10.2 Å². The summed E-state index contributed by atoms with van der Waals surface area (Å²) in [6, 6.07) is 7.59. The molecule has 1 N–H and O–H groups in total. The number of fused-ring (bicyclic) bond motifs is 1. The average molecular weight is 446 g/mol. The van der Waals surface area contributed by atoms with Crippen LogP contribution in [0.25, 0.3) is 0 Å². The zero-order valence-electron chi connectivity index (χ0n) is 16.3. The number of nitrogens with zero attached hydrogens (tertiary/aromatic N) is 1. The van der Waals surface area contributed by atoms with Gasteiger partial charge < -0.3 is 9.84 Å². The topological polar surface area (TPSA) is 66.8 Å². The highest BCUT2D eigenvalue weighted by Crippen LogP contribution is 2.40. The molecule has 1 aromatic rings. The Bertz CT molecular complexity index is 1230. The minimum atomic E-state index is -1.12. The number of benzene rings is 1. The van der Waals surface area contributed by atoms with E-state index in [0.717, 1.165) is 33.5 Å². The zero-order chi connectivity index (χ0) is 22.4. The maximum Gasteiger partial charge on any atom is 0.323 e. The fourth-order valence-corrected chi connectivity index (χ4v) is 4.15. The van der Waals surface area contributed by atoms with E-state index < -0.39 is 18.4 Å². The van der Waals surface area contributed by atoms with Crippen molar-refractivity contribution >= 4 is 40.2 Å². The van der Waals surface area contributed by atoms with Gasteiger partial charge in [0.15, 0.2) is 0 Å². The highest BCUT2D eigenvalue weighted by molar-refractivity contribution is 8.26. The molecule has 0 aliphatic carbocycles. The van der Waals surface area contributed by atoms with Crippen LogP contribution in [0.1, 0.15) is 18.4 Å². The minimum absolute atomic E-state index is 0.225.